The minimum atomic E-state index is 0.113. The summed E-state index contributed by atoms with van der Waals surface area (Å²) in [6.07, 6.45) is 5.10. The van der Waals surface area contributed by atoms with Gasteiger partial charge in [0.25, 0.3) is 0 Å². The third-order valence-electron chi connectivity index (χ3n) is 3.54. The molecule has 3 heteroatoms. The van der Waals surface area contributed by atoms with E-state index in [1.165, 1.54) is 0 Å². The number of furan rings is 1. The van der Waals surface area contributed by atoms with E-state index >= 15 is 0 Å². The lowest BCUT2D eigenvalue weighted by Gasteiger charge is -2.40. The summed E-state index contributed by atoms with van der Waals surface area (Å²) in [7, 11) is 2.13. The summed E-state index contributed by atoms with van der Waals surface area (Å²) in [4.78, 5) is 2.33. The van der Waals surface area contributed by atoms with Crippen molar-refractivity contribution in [3.05, 3.63) is 24.2 Å². The van der Waals surface area contributed by atoms with Crippen LogP contribution in [0.4, 0.5) is 0 Å². The highest BCUT2D eigenvalue weighted by molar-refractivity contribution is 5.00. The molecular weight excluding hydrogens is 200 g/mol. The van der Waals surface area contributed by atoms with Crippen LogP contribution in [0.25, 0.3) is 0 Å². The minimum Gasteiger partial charge on any atom is -0.468 e. The highest BCUT2D eigenvalue weighted by Crippen LogP contribution is 2.25. The second-order valence-corrected chi connectivity index (χ2v) is 4.47. The first-order valence-corrected chi connectivity index (χ1v) is 6.12. The molecule has 1 unspecified atom stereocenters. The molecule has 0 amide bonds. The van der Waals surface area contributed by atoms with Crippen LogP contribution in [0.5, 0.6) is 0 Å². The van der Waals surface area contributed by atoms with Crippen LogP contribution in [0.1, 0.15) is 38.9 Å². The number of nitrogens with two attached hydrogens (primary N) is 1. The van der Waals surface area contributed by atoms with Gasteiger partial charge >= 0.3 is 0 Å². The highest BCUT2D eigenvalue weighted by atomic mass is 16.3. The van der Waals surface area contributed by atoms with Crippen molar-refractivity contribution in [2.24, 2.45) is 5.73 Å². The van der Waals surface area contributed by atoms with Crippen LogP contribution >= 0.6 is 0 Å². The Hall–Kier alpha value is -0.800. The highest BCUT2D eigenvalue weighted by Gasteiger charge is 2.30. The molecule has 0 saturated carbocycles. The molecular formula is C13H24N2O. The lowest BCUT2D eigenvalue weighted by Crippen LogP contribution is -2.51. The Morgan fingerprint density at radius 1 is 1.44 bits per heavy atom. The molecule has 3 nitrogen and oxygen atoms in total. The van der Waals surface area contributed by atoms with Crippen LogP contribution in [0.3, 0.4) is 0 Å². The minimum absolute atomic E-state index is 0.113. The van der Waals surface area contributed by atoms with E-state index in [0.717, 1.165) is 31.6 Å². The Balaban J connectivity index is 2.70. The molecule has 0 aromatic carbocycles. The number of nitrogens with zero attached hydrogens (tertiary/aromatic N) is 1. The van der Waals surface area contributed by atoms with E-state index < -0.39 is 0 Å². The van der Waals surface area contributed by atoms with Crippen molar-refractivity contribution >= 4 is 0 Å². The molecule has 1 rings (SSSR count). The maximum atomic E-state index is 5.96. The van der Waals surface area contributed by atoms with Crippen molar-refractivity contribution in [2.75, 3.05) is 13.6 Å². The van der Waals surface area contributed by atoms with E-state index in [2.05, 4.69) is 25.8 Å². The zero-order valence-corrected chi connectivity index (χ0v) is 10.7. The summed E-state index contributed by atoms with van der Waals surface area (Å²) in [5, 5.41) is 0. The Labute approximate surface area is 98.6 Å². The van der Waals surface area contributed by atoms with Crippen molar-refractivity contribution < 1.29 is 4.42 Å². The fourth-order valence-corrected chi connectivity index (χ4v) is 2.31. The fraction of sp³-hybridized carbons (Fsp3) is 0.692. The van der Waals surface area contributed by atoms with Crippen LogP contribution in [-0.4, -0.2) is 24.0 Å². The summed E-state index contributed by atoms with van der Waals surface area (Å²) in [6.45, 7) is 5.95. The first kappa shape index (κ1) is 13.3. The molecule has 0 aliphatic carbocycles. The SMILES string of the molecule is CCCC(CC)(CN)N(C)Cc1ccco1. The molecule has 0 bridgehead atoms. The normalized spacial score (nSPS) is 15.3. The average Bonchev–Trinajstić information content (AvgIpc) is 2.78. The van der Waals surface area contributed by atoms with Gasteiger partial charge in [-0.1, -0.05) is 20.3 Å². The number of rotatable bonds is 7. The Bertz CT molecular complexity index is 278. The Morgan fingerprint density at radius 2 is 2.19 bits per heavy atom. The van der Waals surface area contributed by atoms with Crippen LogP contribution in [0, 0.1) is 0 Å². The molecule has 0 saturated heterocycles. The monoisotopic (exact) mass is 224 g/mol. The Kier molecular flexibility index (Phi) is 5.03. The Morgan fingerprint density at radius 3 is 2.62 bits per heavy atom. The second kappa shape index (κ2) is 6.06. The standard InChI is InChI=1S/C13H24N2O/c1-4-8-13(5-2,11-14)15(3)10-12-7-6-9-16-12/h6-7,9H,4-5,8,10-11,14H2,1-3H3. The van der Waals surface area contributed by atoms with Gasteiger partial charge in [0.15, 0.2) is 0 Å². The van der Waals surface area contributed by atoms with Gasteiger partial charge in [0.05, 0.1) is 12.8 Å². The summed E-state index contributed by atoms with van der Waals surface area (Å²) in [6, 6.07) is 3.94. The van der Waals surface area contributed by atoms with E-state index in [9.17, 15) is 0 Å². The summed E-state index contributed by atoms with van der Waals surface area (Å²) < 4.78 is 5.38. The zero-order valence-electron chi connectivity index (χ0n) is 10.7. The van der Waals surface area contributed by atoms with Gasteiger partial charge in [-0.3, -0.25) is 4.90 Å². The van der Waals surface area contributed by atoms with Crippen molar-refractivity contribution in [3.63, 3.8) is 0 Å². The summed E-state index contributed by atoms with van der Waals surface area (Å²) >= 11 is 0. The molecule has 1 heterocycles. The second-order valence-electron chi connectivity index (χ2n) is 4.47. The van der Waals surface area contributed by atoms with Gasteiger partial charge in [-0.05, 0) is 32.0 Å². The molecule has 1 aromatic rings. The predicted molar refractivity (Wildman–Crippen MR) is 67.2 cm³/mol. The van der Waals surface area contributed by atoms with Crippen molar-refractivity contribution in [1.29, 1.82) is 0 Å². The smallest absolute Gasteiger partial charge is 0.117 e. The van der Waals surface area contributed by atoms with E-state index in [4.69, 9.17) is 10.2 Å². The van der Waals surface area contributed by atoms with Gasteiger partial charge in [0.2, 0.25) is 0 Å². The molecule has 0 fully saturated rings. The van der Waals surface area contributed by atoms with Crippen LogP contribution < -0.4 is 5.73 Å². The van der Waals surface area contributed by atoms with Crippen LogP contribution in [-0.2, 0) is 6.54 Å². The maximum Gasteiger partial charge on any atom is 0.117 e. The molecule has 0 radical (unpaired) electrons. The number of hydrogen-bond acceptors (Lipinski definition) is 3. The largest absolute Gasteiger partial charge is 0.468 e. The lowest BCUT2D eigenvalue weighted by molar-refractivity contribution is 0.0940. The third kappa shape index (κ3) is 2.86. The number of hydrogen-bond donors (Lipinski definition) is 1. The topological polar surface area (TPSA) is 42.4 Å². The molecule has 1 atom stereocenters. The van der Waals surface area contributed by atoms with Crippen molar-refractivity contribution in [3.8, 4) is 0 Å². The number of likely N-dealkylation sites (N-methyl/N-ethyl adjacent to an activating group) is 1. The first-order chi connectivity index (χ1) is 7.68. The molecule has 0 aliphatic rings. The van der Waals surface area contributed by atoms with Gasteiger partial charge in [-0.25, -0.2) is 0 Å². The van der Waals surface area contributed by atoms with E-state index in [1.807, 2.05) is 12.1 Å². The predicted octanol–water partition coefficient (Wildman–Crippen LogP) is 2.62. The van der Waals surface area contributed by atoms with E-state index in [-0.39, 0.29) is 5.54 Å². The zero-order chi connectivity index (χ0) is 12.0. The quantitative estimate of drug-likeness (QED) is 0.774. The van der Waals surface area contributed by atoms with Gasteiger partial charge in [-0.15, -0.1) is 0 Å². The maximum absolute atomic E-state index is 5.96. The molecule has 1 aromatic heterocycles. The fourth-order valence-electron chi connectivity index (χ4n) is 2.31. The molecule has 0 aliphatic heterocycles. The van der Waals surface area contributed by atoms with Crippen LogP contribution in [0.15, 0.2) is 22.8 Å². The van der Waals surface area contributed by atoms with Gasteiger partial charge in [0.1, 0.15) is 5.76 Å². The van der Waals surface area contributed by atoms with Gasteiger partial charge in [-0.2, -0.15) is 0 Å². The van der Waals surface area contributed by atoms with Gasteiger partial charge < -0.3 is 10.2 Å². The lowest BCUT2D eigenvalue weighted by atomic mass is 9.89. The van der Waals surface area contributed by atoms with E-state index in [1.54, 1.807) is 6.26 Å². The van der Waals surface area contributed by atoms with Gasteiger partial charge in [0, 0.05) is 12.1 Å². The molecule has 92 valence electrons. The molecule has 16 heavy (non-hydrogen) atoms. The van der Waals surface area contributed by atoms with Crippen molar-refractivity contribution in [1.82, 2.24) is 4.90 Å². The average molecular weight is 224 g/mol. The van der Waals surface area contributed by atoms with Crippen molar-refractivity contribution in [2.45, 2.75) is 45.2 Å². The molecule has 2 N–H and O–H groups in total. The third-order valence-corrected chi connectivity index (χ3v) is 3.54. The van der Waals surface area contributed by atoms with Crippen LogP contribution in [0.2, 0.25) is 0 Å². The summed E-state index contributed by atoms with van der Waals surface area (Å²) in [5.74, 6) is 1.00. The molecule has 0 spiro atoms. The summed E-state index contributed by atoms with van der Waals surface area (Å²) in [5.41, 5.74) is 6.07. The van der Waals surface area contributed by atoms with E-state index in [0.29, 0.717) is 6.54 Å². The first-order valence-electron chi connectivity index (χ1n) is 6.12.